The summed E-state index contributed by atoms with van der Waals surface area (Å²) in [6.07, 6.45) is 4.86. The van der Waals surface area contributed by atoms with Crippen LogP contribution in [0.3, 0.4) is 0 Å². The average Bonchev–Trinajstić information content (AvgIpc) is 2.03. The maximum atomic E-state index is 5.68. The maximum absolute atomic E-state index is 5.68. The van der Waals surface area contributed by atoms with Gasteiger partial charge in [-0.1, -0.05) is 19.8 Å². The van der Waals surface area contributed by atoms with E-state index in [0.717, 1.165) is 13.1 Å². The fourth-order valence-electron chi connectivity index (χ4n) is 2.05. The first-order valence-electron chi connectivity index (χ1n) is 5.60. The molecule has 2 heteroatoms. The minimum absolute atomic E-state index is 0.422. The fraction of sp³-hybridized carbons (Fsp3) is 1.00. The van der Waals surface area contributed by atoms with Crippen LogP contribution in [0.5, 0.6) is 0 Å². The summed E-state index contributed by atoms with van der Waals surface area (Å²) >= 11 is 0. The smallest absolute Gasteiger partial charge is 0.0678 e. The van der Waals surface area contributed by atoms with Crippen LogP contribution < -0.4 is 0 Å². The molecule has 2 atom stereocenters. The molecule has 0 aromatic heterocycles. The van der Waals surface area contributed by atoms with Crippen LogP contribution in [-0.4, -0.2) is 36.7 Å². The third-order valence-corrected chi connectivity index (χ3v) is 2.57. The van der Waals surface area contributed by atoms with Crippen molar-refractivity contribution < 1.29 is 4.74 Å². The Morgan fingerprint density at radius 2 is 1.77 bits per heavy atom. The van der Waals surface area contributed by atoms with Gasteiger partial charge in [0.2, 0.25) is 0 Å². The second kappa shape index (κ2) is 5.61. The Hall–Kier alpha value is -0.0800. The number of hydrogen-bond acceptors (Lipinski definition) is 2. The Bertz CT molecular complexity index is 128. The molecule has 1 saturated heterocycles. The summed E-state index contributed by atoms with van der Waals surface area (Å²) in [6.45, 7) is 10.1. The summed E-state index contributed by atoms with van der Waals surface area (Å²) in [7, 11) is 0. The van der Waals surface area contributed by atoms with Crippen LogP contribution in [0.4, 0.5) is 0 Å². The molecule has 0 aromatic carbocycles. The molecule has 0 unspecified atom stereocenters. The Morgan fingerprint density at radius 3 is 2.31 bits per heavy atom. The zero-order valence-electron chi connectivity index (χ0n) is 9.25. The summed E-state index contributed by atoms with van der Waals surface area (Å²) in [6, 6.07) is 0. The van der Waals surface area contributed by atoms with Gasteiger partial charge in [-0.15, -0.1) is 0 Å². The van der Waals surface area contributed by atoms with Crippen LogP contribution in [0.25, 0.3) is 0 Å². The van der Waals surface area contributed by atoms with Crippen molar-refractivity contribution in [3.63, 3.8) is 0 Å². The van der Waals surface area contributed by atoms with Crippen molar-refractivity contribution in [1.82, 2.24) is 4.90 Å². The molecule has 13 heavy (non-hydrogen) atoms. The number of nitrogens with zero attached hydrogens (tertiary/aromatic N) is 1. The molecule has 0 amide bonds. The van der Waals surface area contributed by atoms with E-state index in [2.05, 4.69) is 25.7 Å². The molecule has 1 heterocycles. The van der Waals surface area contributed by atoms with Crippen LogP contribution >= 0.6 is 0 Å². The molecular formula is C11H23NO. The predicted octanol–water partition coefficient (Wildman–Crippen LogP) is 2.29. The Morgan fingerprint density at radius 1 is 1.15 bits per heavy atom. The molecule has 0 N–H and O–H groups in total. The third-order valence-electron chi connectivity index (χ3n) is 2.57. The normalized spacial score (nSPS) is 30.7. The molecular weight excluding hydrogens is 162 g/mol. The summed E-state index contributed by atoms with van der Waals surface area (Å²) in [4.78, 5) is 2.54. The summed E-state index contributed by atoms with van der Waals surface area (Å²) in [5, 5.41) is 0. The van der Waals surface area contributed by atoms with Crippen molar-refractivity contribution in [2.45, 2.75) is 52.2 Å². The van der Waals surface area contributed by atoms with Gasteiger partial charge < -0.3 is 4.74 Å². The van der Waals surface area contributed by atoms with Gasteiger partial charge in [-0.3, -0.25) is 4.90 Å². The molecule has 0 bridgehead atoms. The van der Waals surface area contributed by atoms with E-state index < -0.39 is 0 Å². The van der Waals surface area contributed by atoms with Crippen LogP contribution in [0.15, 0.2) is 0 Å². The number of unbranched alkanes of at least 4 members (excludes halogenated alkanes) is 2. The van der Waals surface area contributed by atoms with Crippen molar-refractivity contribution in [3.8, 4) is 0 Å². The lowest BCUT2D eigenvalue weighted by atomic mass is 10.2. The summed E-state index contributed by atoms with van der Waals surface area (Å²) < 4.78 is 5.68. The van der Waals surface area contributed by atoms with Crippen molar-refractivity contribution in [2.24, 2.45) is 0 Å². The second-order valence-corrected chi connectivity index (χ2v) is 4.22. The Balaban J connectivity index is 2.17. The van der Waals surface area contributed by atoms with Gasteiger partial charge >= 0.3 is 0 Å². The van der Waals surface area contributed by atoms with E-state index in [9.17, 15) is 0 Å². The summed E-state index contributed by atoms with van der Waals surface area (Å²) in [5.41, 5.74) is 0. The highest BCUT2D eigenvalue weighted by atomic mass is 16.5. The number of ether oxygens (including phenoxy) is 1. The monoisotopic (exact) mass is 185 g/mol. The van der Waals surface area contributed by atoms with E-state index in [1.807, 2.05) is 0 Å². The van der Waals surface area contributed by atoms with E-state index in [4.69, 9.17) is 4.74 Å². The van der Waals surface area contributed by atoms with E-state index >= 15 is 0 Å². The van der Waals surface area contributed by atoms with Crippen molar-refractivity contribution in [2.75, 3.05) is 19.6 Å². The molecule has 1 aliphatic heterocycles. The molecule has 0 spiro atoms. The number of morpholine rings is 1. The van der Waals surface area contributed by atoms with Crippen LogP contribution in [0.1, 0.15) is 40.0 Å². The molecule has 1 aliphatic rings. The number of hydrogen-bond donors (Lipinski definition) is 0. The number of rotatable bonds is 4. The molecule has 0 radical (unpaired) electrons. The molecule has 0 aliphatic carbocycles. The van der Waals surface area contributed by atoms with Gasteiger partial charge in [-0.05, 0) is 26.8 Å². The average molecular weight is 185 g/mol. The van der Waals surface area contributed by atoms with Crippen LogP contribution in [0.2, 0.25) is 0 Å². The lowest BCUT2D eigenvalue weighted by molar-refractivity contribution is -0.0681. The SMILES string of the molecule is CCCCCN1C[C@@H](C)O[C@@H](C)C1. The van der Waals surface area contributed by atoms with Gasteiger partial charge in [0.15, 0.2) is 0 Å². The zero-order chi connectivity index (χ0) is 9.68. The minimum atomic E-state index is 0.422. The van der Waals surface area contributed by atoms with E-state index in [0.29, 0.717) is 12.2 Å². The van der Waals surface area contributed by atoms with Gasteiger partial charge in [0.05, 0.1) is 12.2 Å². The molecule has 0 saturated carbocycles. The lowest BCUT2D eigenvalue weighted by Crippen LogP contribution is -2.45. The van der Waals surface area contributed by atoms with Gasteiger partial charge in [0.1, 0.15) is 0 Å². The van der Waals surface area contributed by atoms with Crippen molar-refractivity contribution in [3.05, 3.63) is 0 Å². The van der Waals surface area contributed by atoms with Gasteiger partial charge in [0, 0.05) is 13.1 Å². The van der Waals surface area contributed by atoms with E-state index in [1.54, 1.807) is 0 Å². The van der Waals surface area contributed by atoms with E-state index in [-0.39, 0.29) is 0 Å². The highest BCUT2D eigenvalue weighted by Crippen LogP contribution is 2.11. The predicted molar refractivity (Wildman–Crippen MR) is 56.0 cm³/mol. The van der Waals surface area contributed by atoms with Crippen LogP contribution in [-0.2, 0) is 4.74 Å². The molecule has 0 aromatic rings. The highest BCUT2D eigenvalue weighted by Gasteiger charge is 2.21. The first-order valence-corrected chi connectivity index (χ1v) is 5.60. The molecule has 1 fully saturated rings. The zero-order valence-corrected chi connectivity index (χ0v) is 9.25. The quantitative estimate of drug-likeness (QED) is 0.623. The highest BCUT2D eigenvalue weighted by molar-refractivity contribution is 4.72. The molecule has 2 nitrogen and oxygen atoms in total. The lowest BCUT2D eigenvalue weighted by Gasteiger charge is -2.35. The maximum Gasteiger partial charge on any atom is 0.0678 e. The largest absolute Gasteiger partial charge is 0.373 e. The van der Waals surface area contributed by atoms with E-state index in [1.165, 1.54) is 25.8 Å². The first kappa shape index (κ1) is 11.0. The third kappa shape index (κ3) is 4.10. The standard InChI is InChI=1S/C11H23NO/c1-4-5-6-7-12-8-10(2)13-11(3)9-12/h10-11H,4-9H2,1-3H3/t10-,11+. The molecule has 78 valence electrons. The fourth-order valence-corrected chi connectivity index (χ4v) is 2.05. The van der Waals surface area contributed by atoms with Crippen molar-refractivity contribution >= 4 is 0 Å². The van der Waals surface area contributed by atoms with Gasteiger partial charge in [-0.2, -0.15) is 0 Å². The van der Waals surface area contributed by atoms with Crippen LogP contribution in [0, 0.1) is 0 Å². The van der Waals surface area contributed by atoms with Crippen molar-refractivity contribution in [1.29, 1.82) is 0 Å². The summed E-state index contributed by atoms with van der Waals surface area (Å²) in [5.74, 6) is 0. The Kier molecular flexibility index (Phi) is 4.74. The molecule has 1 rings (SSSR count). The minimum Gasteiger partial charge on any atom is -0.373 e. The van der Waals surface area contributed by atoms with Gasteiger partial charge in [0.25, 0.3) is 0 Å². The topological polar surface area (TPSA) is 12.5 Å². The van der Waals surface area contributed by atoms with Gasteiger partial charge in [-0.25, -0.2) is 0 Å². The first-order chi connectivity index (χ1) is 6.22. The Labute approximate surface area is 82.3 Å². The second-order valence-electron chi connectivity index (χ2n) is 4.22.